The summed E-state index contributed by atoms with van der Waals surface area (Å²) in [5.74, 6) is -0.00903. The molecule has 0 aliphatic rings. The van der Waals surface area contributed by atoms with Gasteiger partial charge in [0.1, 0.15) is 12.8 Å². The minimum Gasteiger partial charge on any atom is -0.448 e. The van der Waals surface area contributed by atoms with Crippen LogP contribution in [-0.4, -0.2) is 33.6 Å². The molecule has 0 spiro atoms. The number of nitrogens with two attached hydrogens (primary N) is 1. The number of carbonyl (C=O) groups is 1. The van der Waals surface area contributed by atoms with E-state index in [-0.39, 0.29) is 24.8 Å². The average Bonchev–Trinajstić information content (AvgIpc) is 2.82. The summed E-state index contributed by atoms with van der Waals surface area (Å²) in [6.07, 6.45) is 0.674. The summed E-state index contributed by atoms with van der Waals surface area (Å²) in [7, 11) is 0. The van der Waals surface area contributed by atoms with Gasteiger partial charge in [0.15, 0.2) is 0 Å². The maximum Gasteiger partial charge on any atom is 0.404 e. The number of rotatable bonds is 5. The van der Waals surface area contributed by atoms with Crippen LogP contribution in [0.5, 0.6) is 0 Å². The van der Waals surface area contributed by atoms with E-state index in [0.29, 0.717) is 4.96 Å². The van der Waals surface area contributed by atoms with Crippen molar-refractivity contribution in [1.29, 1.82) is 0 Å². The number of amides is 1. The second-order valence-electron chi connectivity index (χ2n) is 3.19. The van der Waals surface area contributed by atoms with Crippen molar-refractivity contribution in [3.63, 3.8) is 0 Å². The van der Waals surface area contributed by atoms with Gasteiger partial charge in [-0.1, -0.05) is 11.3 Å². The molecule has 3 N–H and O–H groups in total. The second-order valence-corrected chi connectivity index (χ2v) is 4.06. The fourth-order valence-corrected chi connectivity index (χ4v) is 2.10. The van der Waals surface area contributed by atoms with Gasteiger partial charge in [0.05, 0.1) is 6.54 Å². The molecular weight excluding hydrogens is 262 g/mol. The van der Waals surface area contributed by atoms with Crippen molar-refractivity contribution in [2.45, 2.75) is 0 Å². The lowest BCUT2D eigenvalue weighted by atomic mass is 10.6. The second kappa shape index (κ2) is 4.87. The monoisotopic (exact) mass is 271 g/mol. The van der Waals surface area contributed by atoms with E-state index in [9.17, 15) is 14.9 Å². The van der Waals surface area contributed by atoms with E-state index in [0.717, 1.165) is 0 Å². The zero-order valence-corrected chi connectivity index (χ0v) is 9.85. The smallest absolute Gasteiger partial charge is 0.404 e. The summed E-state index contributed by atoms with van der Waals surface area (Å²) in [5.41, 5.74) is 4.78. The predicted octanol–water partition coefficient (Wildman–Crippen LogP) is 0.811. The average molecular weight is 271 g/mol. The van der Waals surface area contributed by atoms with Gasteiger partial charge in [0, 0.05) is 5.38 Å². The topological polar surface area (TPSA) is 125 Å². The van der Waals surface area contributed by atoms with Crippen LogP contribution in [0, 0.1) is 10.1 Å². The molecule has 0 unspecified atom stereocenters. The Hall–Kier alpha value is -2.36. The third-order valence-electron chi connectivity index (χ3n) is 2.05. The van der Waals surface area contributed by atoms with E-state index in [4.69, 9.17) is 5.73 Å². The summed E-state index contributed by atoms with van der Waals surface area (Å²) in [5, 5.41) is 15.4. The van der Waals surface area contributed by atoms with Crippen LogP contribution in [0.4, 0.5) is 16.4 Å². The third-order valence-corrected chi connectivity index (χ3v) is 2.81. The van der Waals surface area contributed by atoms with Crippen LogP contribution in [0.25, 0.3) is 4.96 Å². The number of hydrogen-bond acceptors (Lipinski definition) is 7. The number of aromatic nitrogens is 2. The van der Waals surface area contributed by atoms with Gasteiger partial charge in [0.25, 0.3) is 4.96 Å². The van der Waals surface area contributed by atoms with Gasteiger partial charge < -0.3 is 25.9 Å². The molecule has 0 aliphatic carbocycles. The Morgan fingerprint density at radius 3 is 3.17 bits per heavy atom. The molecule has 9 nitrogen and oxygen atoms in total. The lowest BCUT2D eigenvalue weighted by molar-refractivity contribution is -0.389. The first-order chi connectivity index (χ1) is 8.59. The van der Waals surface area contributed by atoms with Gasteiger partial charge in [-0.15, -0.1) is 0 Å². The number of thiazole rings is 1. The van der Waals surface area contributed by atoms with Crippen LogP contribution in [0.3, 0.4) is 0 Å². The molecule has 2 aromatic heterocycles. The first-order valence-electron chi connectivity index (χ1n) is 4.85. The van der Waals surface area contributed by atoms with E-state index in [1.165, 1.54) is 15.7 Å². The number of hydrogen-bond donors (Lipinski definition) is 2. The number of nitro groups is 1. The van der Waals surface area contributed by atoms with Crippen LogP contribution in [0.2, 0.25) is 0 Å². The Bertz CT molecular complexity index is 591. The van der Waals surface area contributed by atoms with Gasteiger partial charge in [-0.25, -0.2) is 4.79 Å². The van der Waals surface area contributed by atoms with Gasteiger partial charge in [-0.05, 0) is 4.92 Å². The van der Waals surface area contributed by atoms with Gasteiger partial charge >= 0.3 is 11.9 Å². The molecule has 2 rings (SSSR count). The molecule has 2 aromatic rings. The maximum absolute atomic E-state index is 10.9. The van der Waals surface area contributed by atoms with Crippen molar-refractivity contribution in [1.82, 2.24) is 9.38 Å². The molecule has 0 fully saturated rings. The molecule has 18 heavy (non-hydrogen) atoms. The number of carbonyl (C=O) groups excluding carboxylic acids is 1. The highest BCUT2D eigenvalue weighted by Gasteiger charge is 2.23. The molecule has 0 atom stereocenters. The van der Waals surface area contributed by atoms with Gasteiger partial charge in [-0.3, -0.25) is 0 Å². The molecule has 0 saturated heterocycles. The third kappa shape index (κ3) is 2.32. The molecule has 10 heteroatoms. The highest BCUT2D eigenvalue weighted by Crippen LogP contribution is 2.27. The van der Waals surface area contributed by atoms with E-state index >= 15 is 0 Å². The normalized spacial score (nSPS) is 10.4. The van der Waals surface area contributed by atoms with E-state index in [2.05, 4.69) is 15.0 Å². The first-order valence-corrected chi connectivity index (χ1v) is 5.73. The Kier molecular flexibility index (Phi) is 3.28. The van der Waals surface area contributed by atoms with E-state index in [1.54, 1.807) is 11.6 Å². The van der Waals surface area contributed by atoms with E-state index < -0.39 is 11.0 Å². The molecule has 0 bridgehead atoms. The quantitative estimate of drug-likeness (QED) is 0.471. The van der Waals surface area contributed by atoms with Crippen molar-refractivity contribution in [3.8, 4) is 0 Å². The van der Waals surface area contributed by atoms with E-state index in [1.807, 2.05) is 0 Å². The van der Waals surface area contributed by atoms with Crippen molar-refractivity contribution in [2.75, 3.05) is 18.5 Å². The number of ether oxygens (including phenoxy) is 1. The minimum absolute atomic E-state index is 0.0116. The zero-order chi connectivity index (χ0) is 13.1. The summed E-state index contributed by atoms with van der Waals surface area (Å²) >= 11 is 1.29. The van der Waals surface area contributed by atoms with Crippen LogP contribution in [0.15, 0.2) is 11.6 Å². The molecule has 0 saturated carbocycles. The molecule has 96 valence electrons. The SMILES string of the molecule is NC(=O)OCCNc1nc2sccn2c1[N+](=O)[O-]. The molecule has 0 aliphatic heterocycles. The van der Waals surface area contributed by atoms with Crippen molar-refractivity contribution in [3.05, 3.63) is 21.7 Å². The molecule has 2 heterocycles. The standard InChI is InChI=1S/C8H9N5O4S/c9-7(14)17-3-1-10-5-6(13(15)16)12-2-4-18-8(12)11-5/h2,4,10H,1,3H2,(H2,9,14). The lowest BCUT2D eigenvalue weighted by Crippen LogP contribution is -2.18. The molecule has 0 aromatic carbocycles. The highest BCUT2D eigenvalue weighted by atomic mass is 32.1. The van der Waals surface area contributed by atoms with Gasteiger partial charge in [0.2, 0.25) is 5.82 Å². The van der Waals surface area contributed by atoms with Crippen LogP contribution < -0.4 is 11.1 Å². The van der Waals surface area contributed by atoms with Crippen LogP contribution in [0.1, 0.15) is 0 Å². The number of anilines is 1. The maximum atomic E-state index is 10.9. The lowest BCUT2D eigenvalue weighted by Gasteiger charge is -2.03. The summed E-state index contributed by atoms with van der Waals surface area (Å²) in [6.45, 7) is 0.201. The number of nitrogens with one attached hydrogen (secondary N) is 1. The molecule has 1 amide bonds. The van der Waals surface area contributed by atoms with Crippen LogP contribution in [-0.2, 0) is 4.74 Å². The Morgan fingerprint density at radius 1 is 1.72 bits per heavy atom. The highest BCUT2D eigenvalue weighted by molar-refractivity contribution is 7.15. The Morgan fingerprint density at radius 2 is 2.50 bits per heavy atom. The first kappa shape index (κ1) is 12.1. The number of fused-ring (bicyclic) bond motifs is 1. The van der Waals surface area contributed by atoms with Crippen molar-refractivity contribution >= 4 is 34.0 Å². The summed E-state index contributed by atoms with van der Waals surface area (Å²) < 4.78 is 5.87. The number of imidazole rings is 1. The van der Waals surface area contributed by atoms with Crippen molar-refractivity contribution < 1.29 is 14.5 Å². The number of primary amides is 1. The fourth-order valence-electron chi connectivity index (χ4n) is 1.39. The number of nitrogens with zero attached hydrogens (tertiary/aromatic N) is 3. The summed E-state index contributed by atoms with van der Waals surface area (Å²) in [4.78, 5) is 25.3. The summed E-state index contributed by atoms with van der Waals surface area (Å²) in [6, 6.07) is 0. The Balaban J connectivity index is 2.12. The van der Waals surface area contributed by atoms with Gasteiger partial charge in [-0.2, -0.15) is 9.38 Å². The Labute approximate surface area is 104 Å². The minimum atomic E-state index is -0.892. The largest absolute Gasteiger partial charge is 0.448 e. The fraction of sp³-hybridized carbons (Fsp3) is 0.250. The predicted molar refractivity (Wildman–Crippen MR) is 63.7 cm³/mol. The zero-order valence-electron chi connectivity index (χ0n) is 9.03. The van der Waals surface area contributed by atoms with Crippen molar-refractivity contribution in [2.24, 2.45) is 5.73 Å². The molecule has 0 radical (unpaired) electrons. The van der Waals surface area contributed by atoms with Crippen LogP contribution >= 0.6 is 11.3 Å². The molecular formula is C8H9N5O4S.